The Hall–Kier alpha value is -2.35. The molecule has 8 nitrogen and oxygen atoms in total. The van der Waals surface area contributed by atoms with Crippen LogP contribution in [0.25, 0.3) is 0 Å². The monoisotopic (exact) mass is 329 g/mol. The lowest BCUT2D eigenvalue weighted by molar-refractivity contribution is -0.385. The van der Waals surface area contributed by atoms with Crippen LogP contribution in [0.2, 0.25) is 5.02 Å². The lowest BCUT2D eigenvalue weighted by Gasteiger charge is -2.20. The van der Waals surface area contributed by atoms with Crippen molar-refractivity contribution in [3.8, 4) is 5.75 Å². The van der Waals surface area contributed by atoms with Crippen molar-refractivity contribution in [3.63, 3.8) is 0 Å². The van der Waals surface area contributed by atoms with Gasteiger partial charge in [-0.05, 0) is 32.9 Å². The minimum Gasteiger partial charge on any atom is -0.477 e. The van der Waals surface area contributed by atoms with Gasteiger partial charge in [-0.15, -0.1) is 0 Å². The molecular formula is C13H16ClN3O5. The Morgan fingerprint density at radius 1 is 1.36 bits per heavy atom. The number of nitro benzene ring substituents is 1. The largest absolute Gasteiger partial charge is 0.477 e. The predicted molar refractivity (Wildman–Crippen MR) is 80.0 cm³/mol. The van der Waals surface area contributed by atoms with Crippen LogP contribution in [0.3, 0.4) is 0 Å². The summed E-state index contributed by atoms with van der Waals surface area (Å²) >= 11 is 5.66. The number of nitrogens with zero attached hydrogens (tertiary/aromatic N) is 1. The topological polar surface area (TPSA) is 111 Å². The first kappa shape index (κ1) is 17.7. The summed E-state index contributed by atoms with van der Waals surface area (Å²) in [5.74, 6) is -0.841. The van der Waals surface area contributed by atoms with Crippen LogP contribution in [0.4, 0.5) is 10.5 Å². The van der Waals surface area contributed by atoms with E-state index < -0.39 is 29.0 Å². The second-order valence-electron chi connectivity index (χ2n) is 5.41. The van der Waals surface area contributed by atoms with E-state index in [0.717, 1.165) is 6.07 Å². The molecule has 0 saturated heterocycles. The van der Waals surface area contributed by atoms with Gasteiger partial charge in [0.1, 0.15) is 0 Å². The van der Waals surface area contributed by atoms with Crippen LogP contribution in [0, 0.1) is 10.1 Å². The van der Waals surface area contributed by atoms with Crippen LogP contribution < -0.4 is 15.4 Å². The molecule has 0 aliphatic carbocycles. The van der Waals surface area contributed by atoms with E-state index in [-0.39, 0.29) is 16.5 Å². The average molecular weight is 330 g/mol. The number of amides is 3. The Labute approximate surface area is 131 Å². The summed E-state index contributed by atoms with van der Waals surface area (Å²) in [5.41, 5.74) is -0.861. The Bertz CT molecular complexity index is 598. The number of hydrogen-bond donors (Lipinski definition) is 2. The SMILES string of the molecule is CC(C)(C)NC(=O)NC(=O)COc1ccc(Cl)cc1[N+](=O)[O-]. The van der Waals surface area contributed by atoms with Crippen LogP contribution in [-0.4, -0.2) is 29.0 Å². The number of imide groups is 1. The van der Waals surface area contributed by atoms with Gasteiger partial charge in [-0.1, -0.05) is 11.6 Å². The van der Waals surface area contributed by atoms with Crippen molar-refractivity contribution in [1.82, 2.24) is 10.6 Å². The summed E-state index contributed by atoms with van der Waals surface area (Å²) in [6.45, 7) is 4.72. The molecule has 0 heterocycles. The zero-order valence-electron chi connectivity index (χ0n) is 12.3. The van der Waals surface area contributed by atoms with Gasteiger partial charge >= 0.3 is 11.7 Å². The Kier molecular flexibility index (Phi) is 5.69. The summed E-state index contributed by atoms with van der Waals surface area (Å²) in [5, 5.41) is 15.6. The van der Waals surface area contributed by atoms with Gasteiger partial charge in [-0.3, -0.25) is 20.2 Å². The molecule has 0 radical (unpaired) electrons. The van der Waals surface area contributed by atoms with Gasteiger partial charge in [0.2, 0.25) is 0 Å². The average Bonchev–Trinajstić information content (AvgIpc) is 2.34. The molecule has 1 aromatic rings. The van der Waals surface area contributed by atoms with E-state index in [1.165, 1.54) is 12.1 Å². The molecular weight excluding hydrogens is 314 g/mol. The molecule has 0 atom stereocenters. The summed E-state index contributed by atoms with van der Waals surface area (Å²) in [7, 11) is 0. The Morgan fingerprint density at radius 3 is 2.55 bits per heavy atom. The molecule has 0 spiro atoms. The number of halogens is 1. The molecule has 0 bridgehead atoms. The Morgan fingerprint density at radius 2 is 2.00 bits per heavy atom. The molecule has 1 rings (SSSR count). The van der Waals surface area contributed by atoms with Crippen LogP contribution in [0.1, 0.15) is 20.8 Å². The maximum absolute atomic E-state index is 11.6. The standard InChI is InChI=1S/C13H16ClN3O5/c1-13(2,3)16-12(19)15-11(18)7-22-10-5-4-8(14)6-9(10)17(20)21/h4-6H,7H2,1-3H3,(H2,15,16,18,19). The molecule has 0 aliphatic rings. The lowest BCUT2D eigenvalue weighted by atomic mass is 10.1. The highest BCUT2D eigenvalue weighted by Gasteiger charge is 2.19. The highest BCUT2D eigenvalue weighted by atomic mass is 35.5. The van der Waals surface area contributed by atoms with E-state index >= 15 is 0 Å². The number of hydrogen-bond acceptors (Lipinski definition) is 5. The molecule has 9 heteroatoms. The maximum atomic E-state index is 11.6. The van der Waals surface area contributed by atoms with Gasteiger partial charge in [0.15, 0.2) is 12.4 Å². The van der Waals surface area contributed by atoms with E-state index in [1.807, 2.05) is 0 Å². The van der Waals surface area contributed by atoms with Crippen molar-refractivity contribution in [2.45, 2.75) is 26.3 Å². The summed E-state index contributed by atoms with van der Waals surface area (Å²) in [6, 6.07) is 3.12. The number of nitrogens with one attached hydrogen (secondary N) is 2. The molecule has 0 fully saturated rings. The highest BCUT2D eigenvalue weighted by molar-refractivity contribution is 6.30. The van der Waals surface area contributed by atoms with Gasteiger partial charge in [0, 0.05) is 16.6 Å². The molecule has 0 aromatic heterocycles. The van der Waals surface area contributed by atoms with Crippen molar-refractivity contribution in [2.75, 3.05) is 6.61 Å². The van der Waals surface area contributed by atoms with Crippen molar-refractivity contribution >= 4 is 29.2 Å². The van der Waals surface area contributed by atoms with Crippen molar-refractivity contribution in [2.24, 2.45) is 0 Å². The number of urea groups is 1. The highest BCUT2D eigenvalue weighted by Crippen LogP contribution is 2.29. The zero-order chi connectivity index (χ0) is 16.9. The van der Waals surface area contributed by atoms with E-state index in [2.05, 4.69) is 10.6 Å². The van der Waals surface area contributed by atoms with Crippen molar-refractivity contribution < 1.29 is 19.2 Å². The number of benzene rings is 1. The summed E-state index contributed by atoms with van der Waals surface area (Å²) in [6.07, 6.45) is 0. The third-order valence-corrected chi connectivity index (χ3v) is 2.45. The van der Waals surface area contributed by atoms with E-state index in [0.29, 0.717) is 0 Å². The number of carbonyl (C=O) groups excluding carboxylic acids is 2. The lowest BCUT2D eigenvalue weighted by Crippen LogP contribution is -2.49. The van der Waals surface area contributed by atoms with Crippen LogP contribution in [-0.2, 0) is 4.79 Å². The van der Waals surface area contributed by atoms with E-state index in [1.54, 1.807) is 20.8 Å². The summed E-state index contributed by atoms with van der Waals surface area (Å²) < 4.78 is 5.05. The second kappa shape index (κ2) is 7.08. The first-order chi connectivity index (χ1) is 10.1. The van der Waals surface area contributed by atoms with Crippen molar-refractivity contribution in [1.29, 1.82) is 0 Å². The van der Waals surface area contributed by atoms with Gasteiger partial charge in [-0.25, -0.2) is 4.79 Å². The molecule has 0 unspecified atom stereocenters. The smallest absolute Gasteiger partial charge is 0.321 e. The summed E-state index contributed by atoms with van der Waals surface area (Å²) in [4.78, 5) is 33.2. The predicted octanol–water partition coefficient (Wildman–Crippen LogP) is 2.25. The molecule has 0 aliphatic heterocycles. The van der Waals surface area contributed by atoms with Gasteiger partial charge in [0.05, 0.1) is 4.92 Å². The molecule has 2 N–H and O–H groups in total. The first-order valence-corrected chi connectivity index (χ1v) is 6.65. The first-order valence-electron chi connectivity index (χ1n) is 6.27. The molecule has 0 saturated carbocycles. The fourth-order valence-corrected chi connectivity index (χ4v) is 1.60. The van der Waals surface area contributed by atoms with E-state index in [9.17, 15) is 19.7 Å². The zero-order valence-corrected chi connectivity index (χ0v) is 13.1. The molecule has 3 amide bonds. The van der Waals surface area contributed by atoms with Gasteiger partial charge in [-0.2, -0.15) is 0 Å². The second-order valence-corrected chi connectivity index (χ2v) is 5.85. The van der Waals surface area contributed by atoms with Crippen LogP contribution >= 0.6 is 11.6 Å². The Balaban J connectivity index is 2.62. The minimum atomic E-state index is -0.731. The van der Waals surface area contributed by atoms with Gasteiger partial charge in [0.25, 0.3) is 5.91 Å². The molecule has 22 heavy (non-hydrogen) atoms. The number of carbonyl (C=O) groups is 2. The minimum absolute atomic E-state index is 0.110. The van der Waals surface area contributed by atoms with Crippen LogP contribution in [0.5, 0.6) is 5.75 Å². The quantitative estimate of drug-likeness (QED) is 0.650. The normalized spacial score (nSPS) is 10.7. The molecule has 1 aromatic carbocycles. The fourth-order valence-electron chi connectivity index (χ4n) is 1.43. The molecule has 120 valence electrons. The van der Waals surface area contributed by atoms with Gasteiger partial charge < -0.3 is 10.1 Å². The van der Waals surface area contributed by atoms with Crippen LogP contribution in [0.15, 0.2) is 18.2 Å². The van der Waals surface area contributed by atoms with Crippen molar-refractivity contribution in [3.05, 3.63) is 33.3 Å². The van der Waals surface area contributed by atoms with E-state index in [4.69, 9.17) is 16.3 Å². The maximum Gasteiger partial charge on any atom is 0.321 e. The number of nitro groups is 1. The fraction of sp³-hybridized carbons (Fsp3) is 0.385. The third-order valence-electron chi connectivity index (χ3n) is 2.22. The third kappa shape index (κ3) is 5.96. The number of ether oxygens (including phenoxy) is 1. The number of rotatable bonds is 4.